The van der Waals surface area contributed by atoms with E-state index in [-0.39, 0.29) is 19.1 Å². The monoisotopic (exact) mass is 412 g/mol. The van der Waals surface area contributed by atoms with Crippen molar-refractivity contribution >= 4 is 52.5 Å². The summed E-state index contributed by atoms with van der Waals surface area (Å²) in [6.07, 6.45) is 0.203. The van der Waals surface area contributed by atoms with Crippen molar-refractivity contribution in [2.24, 2.45) is 0 Å². The van der Waals surface area contributed by atoms with Gasteiger partial charge in [-0.1, -0.05) is 41.8 Å². The zero-order valence-corrected chi connectivity index (χ0v) is 16.3. The number of benzene rings is 1. The van der Waals surface area contributed by atoms with E-state index in [4.69, 9.17) is 9.47 Å². The number of thioether (sulfide) groups is 2. The second-order valence-electron chi connectivity index (χ2n) is 4.94. The SMILES string of the molecule is CCSc1nnc(SCCC(=O)NC(=O)Nc2ccc3c(c2)OCO3)s1. The highest BCUT2D eigenvalue weighted by Gasteiger charge is 2.15. The highest BCUT2D eigenvalue weighted by Crippen LogP contribution is 2.34. The number of fused-ring (bicyclic) bond motifs is 1. The Kier molecular flexibility index (Phi) is 6.58. The van der Waals surface area contributed by atoms with E-state index in [1.54, 1.807) is 30.0 Å². The van der Waals surface area contributed by atoms with Crippen molar-refractivity contribution in [3.63, 3.8) is 0 Å². The topological polar surface area (TPSA) is 102 Å². The highest BCUT2D eigenvalue weighted by atomic mass is 32.2. The predicted molar refractivity (Wildman–Crippen MR) is 101 cm³/mol. The van der Waals surface area contributed by atoms with Crippen molar-refractivity contribution < 1.29 is 19.1 Å². The van der Waals surface area contributed by atoms with Crippen LogP contribution in [0.3, 0.4) is 0 Å². The molecule has 0 unspecified atom stereocenters. The molecule has 2 heterocycles. The van der Waals surface area contributed by atoms with E-state index < -0.39 is 6.03 Å². The van der Waals surface area contributed by atoms with Gasteiger partial charge in [0.15, 0.2) is 20.2 Å². The smallest absolute Gasteiger partial charge is 0.325 e. The number of hydrogen-bond acceptors (Lipinski definition) is 9. The minimum atomic E-state index is -0.587. The first-order valence-electron chi connectivity index (χ1n) is 7.73. The summed E-state index contributed by atoms with van der Waals surface area (Å²) in [5.74, 6) is 2.29. The molecule has 1 aromatic carbocycles. The Balaban J connectivity index is 1.39. The van der Waals surface area contributed by atoms with Crippen LogP contribution in [0, 0.1) is 0 Å². The van der Waals surface area contributed by atoms with Crippen molar-refractivity contribution in [2.45, 2.75) is 22.0 Å². The molecule has 138 valence electrons. The fourth-order valence-electron chi connectivity index (χ4n) is 1.99. The van der Waals surface area contributed by atoms with Gasteiger partial charge in [0.05, 0.1) is 0 Å². The lowest BCUT2D eigenvalue weighted by Crippen LogP contribution is -2.34. The van der Waals surface area contributed by atoms with E-state index in [2.05, 4.69) is 27.8 Å². The van der Waals surface area contributed by atoms with E-state index in [0.717, 1.165) is 14.4 Å². The number of aromatic nitrogens is 2. The largest absolute Gasteiger partial charge is 0.454 e. The van der Waals surface area contributed by atoms with Crippen LogP contribution in [0.5, 0.6) is 11.5 Å². The van der Waals surface area contributed by atoms with Crippen molar-refractivity contribution in [3.8, 4) is 11.5 Å². The van der Waals surface area contributed by atoms with Gasteiger partial charge in [-0.3, -0.25) is 10.1 Å². The molecule has 0 fully saturated rings. The average molecular weight is 413 g/mol. The first kappa shape index (κ1) is 18.8. The van der Waals surface area contributed by atoms with Gasteiger partial charge in [0, 0.05) is 23.9 Å². The van der Waals surface area contributed by atoms with Gasteiger partial charge in [-0.2, -0.15) is 0 Å². The van der Waals surface area contributed by atoms with Crippen LogP contribution in [0.1, 0.15) is 13.3 Å². The van der Waals surface area contributed by atoms with Crippen LogP contribution in [0.4, 0.5) is 10.5 Å². The number of urea groups is 1. The normalized spacial score (nSPS) is 12.0. The molecule has 11 heteroatoms. The van der Waals surface area contributed by atoms with E-state index in [1.165, 1.54) is 23.1 Å². The Morgan fingerprint density at radius 3 is 2.77 bits per heavy atom. The van der Waals surface area contributed by atoms with Gasteiger partial charge in [-0.05, 0) is 17.9 Å². The number of ether oxygens (including phenoxy) is 2. The molecule has 3 rings (SSSR count). The number of hydrogen-bond donors (Lipinski definition) is 2. The summed E-state index contributed by atoms with van der Waals surface area (Å²) in [6.45, 7) is 2.21. The maximum atomic E-state index is 11.9. The summed E-state index contributed by atoms with van der Waals surface area (Å²) >= 11 is 4.59. The molecule has 0 bridgehead atoms. The molecule has 1 aliphatic heterocycles. The molecule has 0 aliphatic carbocycles. The molecule has 8 nitrogen and oxygen atoms in total. The van der Waals surface area contributed by atoms with Gasteiger partial charge < -0.3 is 14.8 Å². The summed E-state index contributed by atoms with van der Waals surface area (Å²) in [7, 11) is 0. The summed E-state index contributed by atoms with van der Waals surface area (Å²) in [5, 5.41) is 13.0. The third-order valence-corrected chi connectivity index (χ3v) is 6.17. The van der Waals surface area contributed by atoms with Gasteiger partial charge in [-0.25, -0.2) is 4.79 Å². The molecule has 0 radical (unpaired) electrons. The molecule has 2 aromatic rings. The molecule has 0 saturated heterocycles. The number of nitrogens with zero attached hydrogens (tertiary/aromatic N) is 2. The first-order valence-corrected chi connectivity index (χ1v) is 10.5. The quantitative estimate of drug-likeness (QED) is 0.669. The molecule has 3 amide bonds. The van der Waals surface area contributed by atoms with Crippen LogP contribution in [0.25, 0.3) is 0 Å². The van der Waals surface area contributed by atoms with Crippen molar-refractivity contribution in [1.29, 1.82) is 0 Å². The highest BCUT2D eigenvalue weighted by molar-refractivity contribution is 8.03. The zero-order valence-electron chi connectivity index (χ0n) is 13.8. The van der Waals surface area contributed by atoms with E-state index in [1.807, 2.05) is 0 Å². The van der Waals surface area contributed by atoms with Gasteiger partial charge in [-0.15, -0.1) is 10.2 Å². The average Bonchev–Trinajstić information content (AvgIpc) is 3.24. The number of amides is 3. The van der Waals surface area contributed by atoms with E-state index >= 15 is 0 Å². The second-order valence-corrected chi connectivity index (χ2v) is 8.77. The molecular formula is C15H16N4O4S3. The number of nitrogens with one attached hydrogen (secondary N) is 2. The zero-order chi connectivity index (χ0) is 18.4. The van der Waals surface area contributed by atoms with Crippen LogP contribution in [-0.4, -0.2) is 40.4 Å². The molecule has 0 atom stereocenters. The lowest BCUT2D eigenvalue weighted by atomic mass is 10.3. The number of imide groups is 1. The number of carbonyl (C=O) groups is 2. The second kappa shape index (κ2) is 9.10. The lowest BCUT2D eigenvalue weighted by Gasteiger charge is -2.07. The van der Waals surface area contributed by atoms with Crippen LogP contribution in [0.2, 0.25) is 0 Å². The Morgan fingerprint density at radius 1 is 1.19 bits per heavy atom. The molecule has 26 heavy (non-hydrogen) atoms. The maximum Gasteiger partial charge on any atom is 0.325 e. The Labute approximate surface area is 162 Å². The fourth-order valence-corrected chi connectivity index (χ4v) is 4.92. The predicted octanol–water partition coefficient (Wildman–Crippen LogP) is 3.21. The summed E-state index contributed by atoms with van der Waals surface area (Å²) in [5.41, 5.74) is 0.517. The molecule has 0 spiro atoms. The van der Waals surface area contributed by atoms with Gasteiger partial charge in [0.1, 0.15) is 0 Å². The first-order chi connectivity index (χ1) is 12.6. The molecule has 2 N–H and O–H groups in total. The van der Waals surface area contributed by atoms with Crippen LogP contribution in [0.15, 0.2) is 26.9 Å². The maximum absolute atomic E-state index is 11.9. The van der Waals surface area contributed by atoms with E-state index in [0.29, 0.717) is 22.9 Å². The number of anilines is 1. The number of carbonyl (C=O) groups excluding carboxylic acids is 2. The summed E-state index contributed by atoms with van der Waals surface area (Å²) in [4.78, 5) is 23.7. The van der Waals surface area contributed by atoms with Crippen molar-refractivity contribution in [3.05, 3.63) is 18.2 Å². The number of rotatable bonds is 7. The fraction of sp³-hybridized carbons (Fsp3) is 0.333. The van der Waals surface area contributed by atoms with E-state index in [9.17, 15) is 9.59 Å². The summed E-state index contributed by atoms with van der Waals surface area (Å²) in [6, 6.07) is 4.43. The van der Waals surface area contributed by atoms with Gasteiger partial charge >= 0.3 is 6.03 Å². The van der Waals surface area contributed by atoms with Crippen LogP contribution in [-0.2, 0) is 4.79 Å². The third-order valence-electron chi connectivity index (χ3n) is 3.09. The standard InChI is InChI=1S/C15H16N4O4S3/c1-2-24-14-18-19-15(26-14)25-6-5-12(20)17-13(21)16-9-3-4-10-11(7-9)23-8-22-10/h3-4,7H,2,5-6,8H2,1H3,(H2,16,17,20,21). The molecule has 1 aromatic heterocycles. The lowest BCUT2D eigenvalue weighted by molar-refractivity contribution is -0.119. The molecular weight excluding hydrogens is 396 g/mol. The van der Waals surface area contributed by atoms with Gasteiger partial charge in [0.2, 0.25) is 12.7 Å². The van der Waals surface area contributed by atoms with Crippen LogP contribution < -0.4 is 20.1 Å². The minimum absolute atomic E-state index is 0.161. The summed E-state index contributed by atoms with van der Waals surface area (Å²) < 4.78 is 12.2. The minimum Gasteiger partial charge on any atom is -0.454 e. The Hall–Kier alpha value is -1.98. The Bertz CT molecular complexity index is 799. The van der Waals surface area contributed by atoms with Crippen LogP contribution >= 0.6 is 34.9 Å². The Morgan fingerprint density at radius 2 is 1.96 bits per heavy atom. The van der Waals surface area contributed by atoms with Crippen molar-refractivity contribution in [2.75, 3.05) is 23.6 Å². The molecule has 1 aliphatic rings. The third kappa shape index (κ3) is 5.26. The van der Waals surface area contributed by atoms with Crippen molar-refractivity contribution in [1.82, 2.24) is 15.5 Å². The molecule has 0 saturated carbocycles. The van der Waals surface area contributed by atoms with Gasteiger partial charge in [0.25, 0.3) is 0 Å².